The Balaban J connectivity index is 2.16. The number of hydrogen-bond donors (Lipinski definition) is 1. The van der Waals surface area contributed by atoms with Crippen molar-refractivity contribution in [2.45, 2.75) is 19.5 Å². The number of nitrogens with two attached hydrogens (primary N) is 1. The molecule has 5 heteroatoms. The van der Waals surface area contributed by atoms with Crippen LogP contribution < -0.4 is 5.73 Å². The van der Waals surface area contributed by atoms with E-state index in [0.717, 1.165) is 22.7 Å². The van der Waals surface area contributed by atoms with Gasteiger partial charge in [-0.15, -0.1) is 0 Å². The summed E-state index contributed by atoms with van der Waals surface area (Å²) in [5.74, 6) is 0. The molecule has 0 saturated heterocycles. The van der Waals surface area contributed by atoms with Crippen molar-refractivity contribution in [2.24, 2.45) is 12.8 Å². The molecule has 1 aromatic heterocycles. The summed E-state index contributed by atoms with van der Waals surface area (Å²) in [4.78, 5) is 2.22. The topological polar surface area (TPSA) is 47.1 Å². The normalized spacial score (nSPS) is 12.9. The van der Waals surface area contributed by atoms with Gasteiger partial charge in [0.2, 0.25) is 0 Å². The van der Waals surface area contributed by atoms with Crippen LogP contribution in [0.5, 0.6) is 0 Å². The van der Waals surface area contributed by atoms with Gasteiger partial charge in [0.05, 0.1) is 6.20 Å². The number of likely N-dealkylation sites (N-methyl/N-ethyl adjacent to an activating group) is 1. The van der Waals surface area contributed by atoms with Gasteiger partial charge in [-0.2, -0.15) is 5.10 Å². The van der Waals surface area contributed by atoms with Crippen molar-refractivity contribution in [1.82, 2.24) is 14.7 Å². The SMILES string of the molecule is Cc1ccc(C(CN)N(C)Cc2cnn(C)c2)cc1Cl. The summed E-state index contributed by atoms with van der Waals surface area (Å²) in [6.45, 7) is 3.36. The second kappa shape index (κ2) is 6.39. The molecule has 20 heavy (non-hydrogen) atoms. The third-order valence-electron chi connectivity index (χ3n) is 3.53. The smallest absolute Gasteiger partial charge is 0.0534 e. The van der Waals surface area contributed by atoms with E-state index < -0.39 is 0 Å². The van der Waals surface area contributed by atoms with E-state index in [-0.39, 0.29) is 6.04 Å². The number of nitrogens with zero attached hydrogens (tertiary/aromatic N) is 3. The molecule has 0 saturated carbocycles. The van der Waals surface area contributed by atoms with Crippen LogP contribution in [-0.2, 0) is 13.6 Å². The number of halogens is 1. The number of hydrogen-bond acceptors (Lipinski definition) is 3. The van der Waals surface area contributed by atoms with Crippen LogP contribution in [0.15, 0.2) is 30.6 Å². The molecule has 1 heterocycles. The van der Waals surface area contributed by atoms with Gasteiger partial charge in [0.15, 0.2) is 0 Å². The van der Waals surface area contributed by atoms with Gasteiger partial charge in [-0.05, 0) is 31.2 Å². The average molecular weight is 293 g/mol. The lowest BCUT2D eigenvalue weighted by Gasteiger charge is -2.27. The quantitative estimate of drug-likeness (QED) is 0.921. The molecule has 0 amide bonds. The van der Waals surface area contributed by atoms with E-state index in [1.54, 1.807) is 0 Å². The number of rotatable bonds is 5. The molecule has 0 aliphatic heterocycles. The van der Waals surface area contributed by atoms with Gasteiger partial charge in [-0.1, -0.05) is 23.7 Å². The van der Waals surface area contributed by atoms with Crippen molar-refractivity contribution in [2.75, 3.05) is 13.6 Å². The molecule has 0 aliphatic rings. The first kappa shape index (κ1) is 15.0. The van der Waals surface area contributed by atoms with E-state index in [9.17, 15) is 0 Å². The lowest BCUT2D eigenvalue weighted by Crippen LogP contribution is -2.30. The maximum atomic E-state index is 6.21. The Morgan fingerprint density at radius 1 is 1.45 bits per heavy atom. The van der Waals surface area contributed by atoms with Gasteiger partial charge in [0.1, 0.15) is 0 Å². The molecule has 2 N–H and O–H groups in total. The van der Waals surface area contributed by atoms with Crippen LogP contribution in [0.25, 0.3) is 0 Å². The molecular weight excluding hydrogens is 272 g/mol. The first-order valence-electron chi connectivity index (χ1n) is 6.65. The second-order valence-corrected chi connectivity index (χ2v) is 5.60. The minimum atomic E-state index is 0.147. The van der Waals surface area contributed by atoms with Crippen molar-refractivity contribution < 1.29 is 0 Å². The lowest BCUT2D eigenvalue weighted by atomic mass is 10.0. The molecule has 2 rings (SSSR count). The Morgan fingerprint density at radius 3 is 2.75 bits per heavy atom. The molecule has 0 radical (unpaired) electrons. The van der Waals surface area contributed by atoms with E-state index in [1.165, 1.54) is 5.56 Å². The molecular formula is C15H21ClN4. The third kappa shape index (κ3) is 3.39. The standard InChI is InChI=1S/C15H21ClN4/c1-11-4-5-13(6-14(11)16)15(7-17)19(2)9-12-8-18-20(3)10-12/h4-6,8,10,15H,7,9,17H2,1-3H3. The van der Waals surface area contributed by atoms with Crippen LogP contribution in [0, 0.1) is 6.92 Å². The van der Waals surface area contributed by atoms with Crippen LogP contribution in [0.4, 0.5) is 0 Å². The summed E-state index contributed by atoms with van der Waals surface area (Å²) in [5.41, 5.74) is 9.35. The monoisotopic (exact) mass is 292 g/mol. The Hall–Kier alpha value is -1.36. The fourth-order valence-electron chi connectivity index (χ4n) is 2.34. The van der Waals surface area contributed by atoms with Crippen molar-refractivity contribution in [3.8, 4) is 0 Å². The molecule has 0 fully saturated rings. The highest BCUT2D eigenvalue weighted by atomic mass is 35.5. The molecule has 1 atom stereocenters. The maximum Gasteiger partial charge on any atom is 0.0534 e. The Kier molecular flexibility index (Phi) is 4.81. The van der Waals surface area contributed by atoms with Crippen molar-refractivity contribution in [1.29, 1.82) is 0 Å². The largest absolute Gasteiger partial charge is 0.329 e. The third-order valence-corrected chi connectivity index (χ3v) is 3.93. The Bertz CT molecular complexity index is 579. The highest BCUT2D eigenvalue weighted by Crippen LogP contribution is 2.25. The fourth-order valence-corrected chi connectivity index (χ4v) is 2.53. The van der Waals surface area contributed by atoms with Crippen LogP contribution in [0.1, 0.15) is 22.7 Å². The fraction of sp³-hybridized carbons (Fsp3) is 0.400. The first-order valence-corrected chi connectivity index (χ1v) is 7.03. The van der Waals surface area contributed by atoms with E-state index in [0.29, 0.717) is 6.54 Å². The Morgan fingerprint density at radius 2 is 2.20 bits per heavy atom. The molecule has 4 nitrogen and oxygen atoms in total. The predicted octanol–water partition coefficient (Wildman–Crippen LogP) is 2.51. The Labute approximate surface area is 125 Å². The number of benzene rings is 1. The van der Waals surface area contributed by atoms with Gasteiger partial charge in [0.25, 0.3) is 0 Å². The number of aryl methyl sites for hydroxylation is 2. The van der Waals surface area contributed by atoms with E-state index in [1.807, 2.05) is 43.2 Å². The molecule has 0 spiro atoms. The molecule has 1 unspecified atom stereocenters. The highest BCUT2D eigenvalue weighted by Gasteiger charge is 2.17. The summed E-state index contributed by atoms with van der Waals surface area (Å²) < 4.78 is 1.81. The number of aromatic nitrogens is 2. The molecule has 108 valence electrons. The summed E-state index contributed by atoms with van der Waals surface area (Å²) >= 11 is 6.21. The second-order valence-electron chi connectivity index (χ2n) is 5.20. The minimum absolute atomic E-state index is 0.147. The molecule has 0 aliphatic carbocycles. The van der Waals surface area contributed by atoms with Gasteiger partial charge in [-0.25, -0.2) is 0 Å². The molecule has 1 aromatic carbocycles. The van der Waals surface area contributed by atoms with Gasteiger partial charge < -0.3 is 5.73 Å². The molecule has 2 aromatic rings. The van der Waals surface area contributed by atoms with Crippen molar-refractivity contribution >= 4 is 11.6 Å². The zero-order valence-electron chi connectivity index (χ0n) is 12.2. The summed E-state index contributed by atoms with van der Waals surface area (Å²) in [7, 11) is 3.99. The van der Waals surface area contributed by atoms with Gasteiger partial charge >= 0.3 is 0 Å². The van der Waals surface area contributed by atoms with Crippen molar-refractivity contribution in [3.63, 3.8) is 0 Å². The average Bonchev–Trinajstić information content (AvgIpc) is 2.80. The first-order chi connectivity index (χ1) is 9.51. The van der Waals surface area contributed by atoms with Gasteiger partial charge in [0, 0.05) is 43.0 Å². The highest BCUT2D eigenvalue weighted by molar-refractivity contribution is 6.31. The van der Waals surface area contributed by atoms with Crippen LogP contribution in [0.3, 0.4) is 0 Å². The predicted molar refractivity (Wildman–Crippen MR) is 82.7 cm³/mol. The van der Waals surface area contributed by atoms with Crippen LogP contribution in [-0.4, -0.2) is 28.3 Å². The minimum Gasteiger partial charge on any atom is -0.329 e. The van der Waals surface area contributed by atoms with E-state index in [2.05, 4.69) is 23.1 Å². The summed E-state index contributed by atoms with van der Waals surface area (Å²) in [5, 5.41) is 4.98. The van der Waals surface area contributed by atoms with Gasteiger partial charge in [-0.3, -0.25) is 9.58 Å². The van der Waals surface area contributed by atoms with E-state index in [4.69, 9.17) is 17.3 Å². The molecule has 0 bridgehead atoms. The zero-order chi connectivity index (χ0) is 14.7. The summed E-state index contributed by atoms with van der Waals surface area (Å²) in [6, 6.07) is 6.29. The van der Waals surface area contributed by atoms with E-state index >= 15 is 0 Å². The lowest BCUT2D eigenvalue weighted by molar-refractivity contribution is 0.242. The maximum absolute atomic E-state index is 6.21. The van der Waals surface area contributed by atoms with Crippen LogP contribution in [0.2, 0.25) is 5.02 Å². The van der Waals surface area contributed by atoms with Crippen LogP contribution >= 0.6 is 11.6 Å². The van der Waals surface area contributed by atoms with Crippen molar-refractivity contribution in [3.05, 3.63) is 52.3 Å². The summed E-state index contributed by atoms with van der Waals surface area (Å²) in [6.07, 6.45) is 3.90. The zero-order valence-corrected chi connectivity index (χ0v) is 12.9.